The van der Waals surface area contributed by atoms with Gasteiger partial charge in [-0.15, -0.1) is 0 Å². The maximum Gasteiger partial charge on any atom is 0.275 e. The van der Waals surface area contributed by atoms with Crippen molar-refractivity contribution < 1.29 is 4.79 Å². The number of hydrogen-bond donors (Lipinski definition) is 2. The Morgan fingerprint density at radius 1 is 1.25 bits per heavy atom. The highest BCUT2D eigenvalue weighted by Crippen LogP contribution is 2.36. The molecule has 0 saturated carbocycles. The van der Waals surface area contributed by atoms with E-state index in [1.807, 2.05) is 0 Å². The number of rotatable bonds is 2. The summed E-state index contributed by atoms with van der Waals surface area (Å²) in [6, 6.07) is 0. The van der Waals surface area contributed by atoms with E-state index in [2.05, 4.69) is 52.6 Å². The minimum absolute atomic E-state index is 0.0887. The molecule has 0 aromatic rings. The van der Waals surface area contributed by atoms with E-state index < -0.39 is 0 Å². The minimum Gasteiger partial charge on any atom is -0.347 e. The Hall–Kier alpha value is -0.180. The molecule has 2 nitrogen and oxygen atoms in total. The van der Waals surface area contributed by atoms with Crippen LogP contribution in [-0.2, 0) is 0 Å². The van der Waals surface area contributed by atoms with Gasteiger partial charge in [0.2, 0.25) is 0 Å². The van der Waals surface area contributed by atoms with Gasteiger partial charge in [0.1, 0.15) is 0 Å². The highest BCUT2D eigenvalue weighted by molar-refractivity contribution is 7.96. The molecular formula is C9H19NOS. The van der Waals surface area contributed by atoms with Crippen molar-refractivity contribution in [3.63, 3.8) is 0 Å². The molecule has 3 heteroatoms. The second-order valence-electron chi connectivity index (χ2n) is 4.79. The van der Waals surface area contributed by atoms with E-state index in [9.17, 15) is 4.79 Å². The molecule has 1 N–H and O–H groups in total. The SMILES string of the molecule is CC(C)(C)C(C)(C)CNC(=O)S. The molecular weight excluding hydrogens is 170 g/mol. The van der Waals surface area contributed by atoms with Gasteiger partial charge in [0.05, 0.1) is 0 Å². The smallest absolute Gasteiger partial charge is 0.275 e. The summed E-state index contributed by atoms with van der Waals surface area (Å²) in [4.78, 5) is 10.6. The highest BCUT2D eigenvalue weighted by atomic mass is 32.1. The molecule has 72 valence electrons. The quantitative estimate of drug-likeness (QED) is 0.643. The lowest BCUT2D eigenvalue weighted by molar-refractivity contribution is 0.133. The molecule has 0 aliphatic heterocycles. The topological polar surface area (TPSA) is 29.1 Å². The van der Waals surface area contributed by atoms with Crippen LogP contribution in [0.3, 0.4) is 0 Å². The first kappa shape index (κ1) is 11.8. The van der Waals surface area contributed by atoms with E-state index in [1.54, 1.807) is 0 Å². The van der Waals surface area contributed by atoms with Gasteiger partial charge in [0.15, 0.2) is 0 Å². The molecule has 0 fully saturated rings. The summed E-state index contributed by atoms with van der Waals surface area (Å²) in [6.45, 7) is 11.4. The maximum absolute atomic E-state index is 10.6. The van der Waals surface area contributed by atoms with E-state index in [1.165, 1.54) is 0 Å². The Morgan fingerprint density at radius 3 is 1.92 bits per heavy atom. The van der Waals surface area contributed by atoms with Crippen LogP contribution in [0.15, 0.2) is 0 Å². The zero-order chi connectivity index (χ0) is 9.99. The predicted molar refractivity (Wildman–Crippen MR) is 55.6 cm³/mol. The molecule has 0 aliphatic carbocycles. The van der Waals surface area contributed by atoms with Crippen LogP contribution < -0.4 is 5.32 Å². The van der Waals surface area contributed by atoms with Crippen molar-refractivity contribution in [2.45, 2.75) is 34.6 Å². The summed E-state index contributed by atoms with van der Waals surface area (Å²) in [5.74, 6) is 0. The minimum atomic E-state index is -0.257. The summed E-state index contributed by atoms with van der Waals surface area (Å²) in [6.07, 6.45) is 0. The number of thiol groups is 1. The van der Waals surface area contributed by atoms with E-state index in [-0.39, 0.29) is 16.1 Å². The fraction of sp³-hybridized carbons (Fsp3) is 0.889. The molecule has 0 spiro atoms. The van der Waals surface area contributed by atoms with Gasteiger partial charge in [-0.25, -0.2) is 0 Å². The number of nitrogens with one attached hydrogen (secondary N) is 1. The average Bonchev–Trinajstić information content (AvgIpc) is 1.81. The third kappa shape index (κ3) is 3.48. The van der Waals surface area contributed by atoms with Crippen molar-refractivity contribution in [1.82, 2.24) is 5.32 Å². The molecule has 0 bridgehead atoms. The summed E-state index contributed by atoms with van der Waals surface area (Å²) in [7, 11) is 0. The van der Waals surface area contributed by atoms with Crippen LogP contribution in [-0.4, -0.2) is 11.8 Å². The van der Waals surface area contributed by atoms with Gasteiger partial charge >= 0.3 is 0 Å². The lowest BCUT2D eigenvalue weighted by Gasteiger charge is -2.38. The Labute approximate surface area is 80.5 Å². The Balaban J connectivity index is 4.14. The van der Waals surface area contributed by atoms with Crippen molar-refractivity contribution in [1.29, 1.82) is 0 Å². The van der Waals surface area contributed by atoms with Gasteiger partial charge in [-0.3, -0.25) is 4.79 Å². The molecule has 0 rings (SSSR count). The zero-order valence-corrected chi connectivity index (χ0v) is 9.46. The summed E-state index contributed by atoms with van der Waals surface area (Å²) >= 11 is 3.66. The molecule has 0 radical (unpaired) electrons. The Kier molecular flexibility index (Phi) is 3.63. The van der Waals surface area contributed by atoms with Crippen LogP contribution in [0.5, 0.6) is 0 Å². The Morgan fingerprint density at radius 2 is 1.67 bits per heavy atom. The van der Waals surface area contributed by atoms with Crippen molar-refractivity contribution in [3.8, 4) is 0 Å². The van der Waals surface area contributed by atoms with E-state index in [4.69, 9.17) is 0 Å². The average molecular weight is 189 g/mol. The first-order valence-corrected chi connectivity index (χ1v) is 4.58. The number of hydrogen-bond acceptors (Lipinski definition) is 1. The summed E-state index contributed by atoms with van der Waals surface area (Å²) in [5.41, 5.74) is 0.272. The third-order valence-corrected chi connectivity index (χ3v) is 2.87. The normalized spacial score (nSPS) is 12.8. The van der Waals surface area contributed by atoms with Gasteiger partial charge in [-0.05, 0) is 10.8 Å². The first-order chi connectivity index (χ1) is 5.17. The first-order valence-electron chi connectivity index (χ1n) is 4.13. The molecule has 1 amide bonds. The van der Waals surface area contributed by atoms with E-state index in [0.717, 1.165) is 0 Å². The molecule has 12 heavy (non-hydrogen) atoms. The van der Waals surface area contributed by atoms with Crippen molar-refractivity contribution in [3.05, 3.63) is 0 Å². The van der Waals surface area contributed by atoms with Crippen LogP contribution in [0.1, 0.15) is 34.6 Å². The predicted octanol–water partition coefficient (Wildman–Crippen LogP) is 2.70. The summed E-state index contributed by atoms with van der Waals surface area (Å²) in [5, 5.41) is 2.46. The van der Waals surface area contributed by atoms with Crippen molar-refractivity contribution >= 4 is 17.9 Å². The number of amides is 1. The van der Waals surface area contributed by atoms with Crippen LogP contribution in [0.2, 0.25) is 0 Å². The van der Waals surface area contributed by atoms with Gasteiger partial charge in [0.25, 0.3) is 5.24 Å². The Bertz CT molecular complexity index is 170. The van der Waals surface area contributed by atoms with E-state index >= 15 is 0 Å². The standard InChI is InChI=1S/C9H19NOS/c1-8(2,3)9(4,5)6-10-7(11)12/h6H2,1-5H3,(H2,10,11,12). The van der Waals surface area contributed by atoms with Crippen LogP contribution >= 0.6 is 12.6 Å². The number of carbonyl (C=O) groups excluding carboxylic acids is 1. The van der Waals surface area contributed by atoms with Gasteiger partial charge < -0.3 is 5.32 Å². The maximum atomic E-state index is 10.6. The third-order valence-electron chi connectivity index (χ3n) is 2.71. The van der Waals surface area contributed by atoms with Crippen molar-refractivity contribution in [2.75, 3.05) is 6.54 Å². The monoisotopic (exact) mass is 189 g/mol. The van der Waals surface area contributed by atoms with Crippen LogP contribution in [0.4, 0.5) is 4.79 Å². The fourth-order valence-electron chi connectivity index (χ4n) is 0.562. The highest BCUT2D eigenvalue weighted by Gasteiger charge is 2.32. The van der Waals surface area contributed by atoms with Gasteiger partial charge in [-0.2, -0.15) is 0 Å². The van der Waals surface area contributed by atoms with Gasteiger partial charge in [-0.1, -0.05) is 47.2 Å². The molecule has 0 aromatic heterocycles. The van der Waals surface area contributed by atoms with Gasteiger partial charge in [0, 0.05) is 6.54 Å². The zero-order valence-electron chi connectivity index (χ0n) is 8.56. The largest absolute Gasteiger partial charge is 0.347 e. The lowest BCUT2D eigenvalue weighted by atomic mass is 9.69. The van der Waals surface area contributed by atoms with E-state index in [0.29, 0.717) is 6.54 Å². The second-order valence-corrected chi connectivity index (χ2v) is 5.20. The van der Waals surface area contributed by atoms with Crippen LogP contribution in [0.25, 0.3) is 0 Å². The summed E-state index contributed by atoms with van der Waals surface area (Å²) < 4.78 is 0. The molecule has 0 aliphatic rings. The number of carbonyl (C=O) groups is 1. The van der Waals surface area contributed by atoms with Crippen LogP contribution in [0, 0.1) is 10.8 Å². The molecule has 0 heterocycles. The lowest BCUT2D eigenvalue weighted by Crippen LogP contribution is -2.40. The molecule has 0 aromatic carbocycles. The molecule has 0 saturated heterocycles. The fourth-order valence-corrected chi connectivity index (χ4v) is 0.641. The second kappa shape index (κ2) is 3.69. The molecule has 0 atom stereocenters. The molecule has 0 unspecified atom stereocenters. The van der Waals surface area contributed by atoms with Crippen molar-refractivity contribution in [2.24, 2.45) is 10.8 Å².